The summed E-state index contributed by atoms with van der Waals surface area (Å²) in [6, 6.07) is -0.0576. The van der Waals surface area contributed by atoms with Gasteiger partial charge in [-0.2, -0.15) is 0 Å². The standard InChI is InChI=1S/C12H21N5O2/c1-12(2,3)19-11(18)15-8-5-6-13-9(8)10-16-14-7-17(10)4/h7-9,13H,5-6H2,1-4H3,(H,15,18)/t8-,9-/m1/s1. The maximum atomic E-state index is 11.8. The first-order valence-corrected chi connectivity index (χ1v) is 6.43. The van der Waals surface area contributed by atoms with Crippen LogP contribution in [0.1, 0.15) is 39.1 Å². The lowest BCUT2D eigenvalue weighted by molar-refractivity contribution is 0.0499. The quantitative estimate of drug-likeness (QED) is 0.826. The van der Waals surface area contributed by atoms with Crippen LogP contribution >= 0.6 is 0 Å². The van der Waals surface area contributed by atoms with Gasteiger partial charge in [-0.15, -0.1) is 10.2 Å². The average molecular weight is 267 g/mol. The van der Waals surface area contributed by atoms with Crippen LogP contribution in [0.15, 0.2) is 6.33 Å². The topological polar surface area (TPSA) is 81.1 Å². The van der Waals surface area contributed by atoms with E-state index in [1.807, 2.05) is 32.4 Å². The zero-order chi connectivity index (χ0) is 14.0. The van der Waals surface area contributed by atoms with E-state index in [2.05, 4.69) is 20.8 Å². The molecule has 0 aromatic carbocycles. The van der Waals surface area contributed by atoms with Crippen LogP contribution in [-0.4, -0.2) is 39.0 Å². The Morgan fingerprint density at radius 2 is 2.32 bits per heavy atom. The van der Waals surface area contributed by atoms with Crippen molar-refractivity contribution in [3.05, 3.63) is 12.2 Å². The van der Waals surface area contributed by atoms with Crippen molar-refractivity contribution in [3.8, 4) is 0 Å². The first-order valence-electron chi connectivity index (χ1n) is 6.43. The van der Waals surface area contributed by atoms with Gasteiger partial charge < -0.3 is 19.9 Å². The van der Waals surface area contributed by atoms with Crippen molar-refractivity contribution in [2.75, 3.05) is 6.54 Å². The molecular weight excluding hydrogens is 246 g/mol. The Morgan fingerprint density at radius 1 is 1.58 bits per heavy atom. The van der Waals surface area contributed by atoms with Crippen molar-refractivity contribution < 1.29 is 9.53 Å². The molecule has 0 unspecified atom stereocenters. The molecule has 2 rings (SSSR count). The summed E-state index contributed by atoms with van der Waals surface area (Å²) < 4.78 is 7.13. The third-order valence-corrected chi connectivity index (χ3v) is 2.95. The van der Waals surface area contributed by atoms with E-state index >= 15 is 0 Å². The van der Waals surface area contributed by atoms with Crippen molar-refractivity contribution in [2.45, 2.75) is 44.9 Å². The highest BCUT2D eigenvalue weighted by Crippen LogP contribution is 2.22. The number of aryl methyl sites for hydroxylation is 1. The molecule has 7 nitrogen and oxygen atoms in total. The summed E-state index contributed by atoms with van der Waals surface area (Å²) in [6.45, 7) is 6.37. The lowest BCUT2D eigenvalue weighted by Gasteiger charge is -2.24. The fraction of sp³-hybridized carbons (Fsp3) is 0.750. The van der Waals surface area contributed by atoms with Gasteiger partial charge in [-0.1, -0.05) is 0 Å². The van der Waals surface area contributed by atoms with Crippen molar-refractivity contribution >= 4 is 6.09 Å². The number of aromatic nitrogens is 3. The smallest absolute Gasteiger partial charge is 0.407 e. The average Bonchev–Trinajstić information content (AvgIpc) is 2.83. The normalized spacial score (nSPS) is 23.4. The predicted molar refractivity (Wildman–Crippen MR) is 69.5 cm³/mol. The van der Waals surface area contributed by atoms with E-state index < -0.39 is 11.7 Å². The Morgan fingerprint density at radius 3 is 2.89 bits per heavy atom. The summed E-state index contributed by atoms with van der Waals surface area (Å²) in [7, 11) is 1.89. The van der Waals surface area contributed by atoms with E-state index in [9.17, 15) is 4.79 Å². The second-order valence-electron chi connectivity index (χ2n) is 5.77. The fourth-order valence-corrected chi connectivity index (χ4v) is 2.16. The molecule has 1 fully saturated rings. The van der Waals surface area contributed by atoms with Crippen molar-refractivity contribution in [1.82, 2.24) is 25.4 Å². The SMILES string of the molecule is Cn1cnnc1[C@@H]1NCC[C@H]1NC(=O)OC(C)(C)C. The van der Waals surface area contributed by atoms with Gasteiger partial charge in [0, 0.05) is 7.05 Å². The van der Waals surface area contributed by atoms with Gasteiger partial charge in [-0.25, -0.2) is 4.79 Å². The van der Waals surface area contributed by atoms with Gasteiger partial charge in [0.05, 0.1) is 12.1 Å². The van der Waals surface area contributed by atoms with Crippen LogP contribution < -0.4 is 10.6 Å². The van der Waals surface area contributed by atoms with Gasteiger partial charge in [-0.05, 0) is 33.7 Å². The molecule has 7 heteroatoms. The summed E-state index contributed by atoms with van der Waals surface area (Å²) in [5.74, 6) is 0.818. The van der Waals surface area contributed by atoms with Gasteiger partial charge >= 0.3 is 6.09 Å². The molecule has 1 saturated heterocycles. The zero-order valence-corrected chi connectivity index (χ0v) is 11.8. The van der Waals surface area contributed by atoms with E-state index in [0.717, 1.165) is 18.8 Å². The van der Waals surface area contributed by atoms with Gasteiger partial charge in [-0.3, -0.25) is 0 Å². The number of nitrogens with zero attached hydrogens (tertiary/aromatic N) is 3. The second-order valence-corrected chi connectivity index (χ2v) is 5.77. The number of amides is 1. The number of carbonyl (C=O) groups is 1. The Hall–Kier alpha value is -1.63. The van der Waals surface area contributed by atoms with Crippen LogP contribution in [0, 0.1) is 0 Å². The molecule has 1 amide bonds. The summed E-state index contributed by atoms with van der Waals surface area (Å²) in [4.78, 5) is 11.8. The monoisotopic (exact) mass is 267 g/mol. The van der Waals surface area contributed by atoms with E-state index in [-0.39, 0.29) is 12.1 Å². The van der Waals surface area contributed by atoms with Crippen LogP contribution in [0.25, 0.3) is 0 Å². The molecule has 1 aromatic rings. The van der Waals surface area contributed by atoms with Crippen LogP contribution in [0.5, 0.6) is 0 Å². The van der Waals surface area contributed by atoms with E-state index in [0.29, 0.717) is 0 Å². The number of carbonyl (C=O) groups excluding carboxylic acids is 1. The molecule has 19 heavy (non-hydrogen) atoms. The van der Waals surface area contributed by atoms with Crippen LogP contribution in [-0.2, 0) is 11.8 Å². The maximum Gasteiger partial charge on any atom is 0.407 e. The lowest BCUT2D eigenvalue weighted by Crippen LogP contribution is -2.42. The van der Waals surface area contributed by atoms with Crippen molar-refractivity contribution in [1.29, 1.82) is 0 Å². The number of hydrogen-bond donors (Lipinski definition) is 2. The molecule has 1 aromatic heterocycles. The Labute approximate surface area is 112 Å². The van der Waals surface area contributed by atoms with Gasteiger partial charge in [0.25, 0.3) is 0 Å². The summed E-state index contributed by atoms with van der Waals surface area (Å²) >= 11 is 0. The zero-order valence-electron chi connectivity index (χ0n) is 11.8. The Kier molecular flexibility index (Phi) is 3.75. The summed E-state index contributed by atoms with van der Waals surface area (Å²) in [5, 5.41) is 14.2. The molecule has 1 aliphatic rings. The van der Waals surface area contributed by atoms with Crippen LogP contribution in [0.4, 0.5) is 4.79 Å². The minimum absolute atomic E-state index is 0.0278. The fourth-order valence-electron chi connectivity index (χ4n) is 2.16. The van der Waals surface area contributed by atoms with Crippen molar-refractivity contribution in [2.24, 2.45) is 7.05 Å². The summed E-state index contributed by atoms with van der Waals surface area (Å²) in [6.07, 6.45) is 2.10. The molecule has 0 bridgehead atoms. The Bertz CT molecular complexity index is 451. The molecule has 2 heterocycles. The number of rotatable bonds is 2. The van der Waals surface area contributed by atoms with Crippen LogP contribution in [0.2, 0.25) is 0 Å². The molecular formula is C12H21N5O2. The molecule has 1 aliphatic heterocycles. The number of hydrogen-bond acceptors (Lipinski definition) is 5. The largest absolute Gasteiger partial charge is 0.444 e. The summed E-state index contributed by atoms with van der Waals surface area (Å²) in [5.41, 5.74) is -0.490. The highest BCUT2D eigenvalue weighted by atomic mass is 16.6. The second kappa shape index (κ2) is 5.16. The van der Waals surface area contributed by atoms with E-state index in [1.54, 1.807) is 6.33 Å². The number of alkyl carbamates (subject to hydrolysis) is 1. The van der Waals surface area contributed by atoms with Crippen LogP contribution in [0.3, 0.4) is 0 Å². The molecule has 0 spiro atoms. The Balaban J connectivity index is 2.00. The van der Waals surface area contributed by atoms with Gasteiger partial charge in [0.1, 0.15) is 11.9 Å². The third kappa shape index (κ3) is 3.44. The molecule has 0 aliphatic carbocycles. The van der Waals surface area contributed by atoms with E-state index in [4.69, 9.17) is 4.74 Å². The highest BCUT2D eigenvalue weighted by molar-refractivity contribution is 5.68. The number of nitrogens with one attached hydrogen (secondary N) is 2. The number of ether oxygens (including phenoxy) is 1. The minimum Gasteiger partial charge on any atom is -0.444 e. The highest BCUT2D eigenvalue weighted by Gasteiger charge is 2.33. The molecule has 106 valence electrons. The molecule has 0 radical (unpaired) electrons. The third-order valence-electron chi connectivity index (χ3n) is 2.95. The van der Waals surface area contributed by atoms with E-state index in [1.165, 1.54) is 0 Å². The molecule has 0 saturated carbocycles. The lowest BCUT2D eigenvalue weighted by atomic mass is 10.1. The predicted octanol–water partition coefficient (Wildman–Crippen LogP) is 0.743. The first-order chi connectivity index (χ1) is 8.87. The molecule has 2 N–H and O–H groups in total. The maximum absolute atomic E-state index is 11.8. The first kappa shape index (κ1) is 13.8. The van der Waals surface area contributed by atoms with Gasteiger partial charge in [0.2, 0.25) is 0 Å². The minimum atomic E-state index is -0.490. The van der Waals surface area contributed by atoms with Crippen molar-refractivity contribution in [3.63, 3.8) is 0 Å². The molecule has 2 atom stereocenters. The van der Waals surface area contributed by atoms with Gasteiger partial charge in [0.15, 0.2) is 5.82 Å².